The van der Waals surface area contributed by atoms with Crippen LogP contribution in [0.2, 0.25) is 0 Å². The van der Waals surface area contributed by atoms with Crippen molar-refractivity contribution in [3.63, 3.8) is 0 Å². The van der Waals surface area contributed by atoms with Crippen LogP contribution in [0.3, 0.4) is 0 Å². The second kappa shape index (κ2) is 10.8. The minimum atomic E-state index is -1.16. The summed E-state index contributed by atoms with van der Waals surface area (Å²) in [6.45, 7) is 7.34. The number of benzene rings is 1. The maximum Gasteiger partial charge on any atom is 0.278 e. The molecule has 1 aromatic carbocycles. The number of rotatable bonds is 8. The number of aliphatic hydroxyl groups is 1. The second-order valence-corrected chi connectivity index (χ2v) is 12.1. The van der Waals surface area contributed by atoms with Gasteiger partial charge in [0.2, 0.25) is 5.95 Å². The predicted molar refractivity (Wildman–Crippen MR) is 162 cm³/mol. The molecule has 2 bridgehead atoms. The number of nitrogens with zero attached hydrogens (tertiary/aromatic N) is 6. The largest absolute Gasteiger partial charge is 0.384 e. The summed E-state index contributed by atoms with van der Waals surface area (Å²) in [5.74, 6) is 2.14. The van der Waals surface area contributed by atoms with Gasteiger partial charge in [0.25, 0.3) is 11.5 Å². The van der Waals surface area contributed by atoms with Crippen LogP contribution in [-0.2, 0) is 12.1 Å². The first-order valence-corrected chi connectivity index (χ1v) is 14.6. The monoisotopic (exact) mass is 567 g/mol. The van der Waals surface area contributed by atoms with Gasteiger partial charge in [0.15, 0.2) is 11.5 Å². The number of nitrogens with one attached hydrogen (secondary N) is 1. The number of fused-ring (bicyclic) bond motifs is 4. The second-order valence-electron chi connectivity index (χ2n) is 12.1. The Kier molecular flexibility index (Phi) is 7.18. The third-order valence-electron chi connectivity index (χ3n) is 8.77. The van der Waals surface area contributed by atoms with Crippen molar-refractivity contribution in [2.75, 3.05) is 12.4 Å². The SMILES string of the molecule is C=CCn1c(=O)c2cnc(Nc3ccc(C(=O)N(C)C4CC5CCC4CC5)cc3)nc2n1-c1cccc(C(C)(C)O)n1. The first kappa shape index (κ1) is 27.8. The Labute approximate surface area is 244 Å². The molecule has 7 rings (SSSR count). The van der Waals surface area contributed by atoms with E-state index in [0.717, 1.165) is 12.3 Å². The molecule has 1 unspecified atom stereocenters. The molecule has 10 nitrogen and oxygen atoms in total. The highest BCUT2D eigenvalue weighted by Gasteiger charge is 2.39. The van der Waals surface area contributed by atoms with E-state index in [4.69, 9.17) is 0 Å². The molecule has 3 aliphatic rings. The highest BCUT2D eigenvalue weighted by atomic mass is 16.3. The third-order valence-corrected chi connectivity index (χ3v) is 8.77. The number of amides is 1. The number of carbonyl (C=O) groups excluding carboxylic acids is 1. The topological polar surface area (TPSA) is 118 Å². The zero-order chi connectivity index (χ0) is 29.6. The van der Waals surface area contributed by atoms with Crippen molar-refractivity contribution in [1.29, 1.82) is 0 Å². The fourth-order valence-corrected chi connectivity index (χ4v) is 6.49. The molecule has 1 amide bonds. The van der Waals surface area contributed by atoms with E-state index < -0.39 is 5.60 Å². The summed E-state index contributed by atoms with van der Waals surface area (Å²) < 4.78 is 3.11. The molecule has 42 heavy (non-hydrogen) atoms. The molecule has 0 aliphatic heterocycles. The minimum absolute atomic E-state index is 0.0464. The molecule has 0 saturated heterocycles. The lowest BCUT2D eigenvalue weighted by molar-refractivity contribution is 0.0366. The zero-order valence-electron chi connectivity index (χ0n) is 24.3. The molecule has 3 aromatic heterocycles. The van der Waals surface area contributed by atoms with Crippen LogP contribution in [0.15, 0.2) is 66.1 Å². The normalized spacial score (nSPS) is 20.0. The Balaban J connectivity index is 1.27. The molecule has 4 aromatic rings. The van der Waals surface area contributed by atoms with Gasteiger partial charge in [-0.05, 0) is 81.3 Å². The van der Waals surface area contributed by atoms with Crippen molar-refractivity contribution < 1.29 is 9.90 Å². The van der Waals surface area contributed by atoms with Crippen molar-refractivity contribution in [2.24, 2.45) is 11.8 Å². The summed E-state index contributed by atoms with van der Waals surface area (Å²) in [6.07, 6.45) is 9.30. The lowest BCUT2D eigenvalue weighted by atomic mass is 9.67. The number of anilines is 2. The molecule has 3 heterocycles. The van der Waals surface area contributed by atoms with Gasteiger partial charge >= 0.3 is 0 Å². The molecular formula is C32H37N7O3. The van der Waals surface area contributed by atoms with Gasteiger partial charge < -0.3 is 15.3 Å². The highest BCUT2D eigenvalue weighted by molar-refractivity contribution is 5.94. The van der Waals surface area contributed by atoms with E-state index in [9.17, 15) is 14.7 Å². The van der Waals surface area contributed by atoms with E-state index in [-0.39, 0.29) is 18.0 Å². The minimum Gasteiger partial charge on any atom is -0.384 e. The summed E-state index contributed by atoms with van der Waals surface area (Å²) in [7, 11) is 1.94. The summed E-state index contributed by atoms with van der Waals surface area (Å²) in [4.78, 5) is 42.2. The summed E-state index contributed by atoms with van der Waals surface area (Å²) in [6, 6.07) is 12.9. The Morgan fingerprint density at radius 3 is 2.52 bits per heavy atom. The van der Waals surface area contributed by atoms with E-state index in [1.54, 1.807) is 42.8 Å². The van der Waals surface area contributed by atoms with Crippen LogP contribution < -0.4 is 10.9 Å². The molecule has 3 aliphatic carbocycles. The van der Waals surface area contributed by atoms with Crippen LogP contribution in [0.25, 0.3) is 16.9 Å². The molecule has 10 heteroatoms. The lowest BCUT2D eigenvalue weighted by Gasteiger charge is -2.46. The smallest absolute Gasteiger partial charge is 0.278 e. The van der Waals surface area contributed by atoms with E-state index in [0.29, 0.717) is 51.7 Å². The average Bonchev–Trinajstić information content (AvgIpc) is 3.27. The van der Waals surface area contributed by atoms with Crippen molar-refractivity contribution in [2.45, 2.75) is 64.1 Å². The predicted octanol–water partition coefficient (Wildman–Crippen LogP) is 4.78. The average molecular weight is 568 g/mol. The van der Waals surface area contributed by atoms with Crippen LogP contribution in [0.5, 0.6) is 0 Å². The van der Waals surface area contributed by atoms with Gasteiger partial charge in [0.05, 0.1) is 12.2 Å². The van der Waals surface area contributed by atoms with Crippen LogP contribution in [0.4, 0.5) is 11.6 Å². The molecule has 3 saturated carbocycles. The van der Waals surface area contributed by atoms with Gasteiger partial charge in [-0.3, -0.25) is 9.59 Å². The molecule has 218 valence electrons. The maximum atomic E-state index is 13.3. The first-order chi connectivity index (χ1) is 20.1. The highest BCUT2D eigenvalue weighted by Crippen LogP contribution is 2.43. The van der Waals surface area contributed by atoms with Crippen LogP contribution in [0.1, 0.15) is 62.0 Å². The molecular weight excluding hydrogens is 530 g/mol. The number of allylic oxidation sites excluding steroid dienone is 1. The third kappa shape index (κ3) is 5.11. The summed E-state index contributed by atoms with van der Waals surface area (Å²) >= 11 is 0. The summed E-state index contributed by atoms with van der Waals surface area (Å²) in [5.41, 5.74) is 0.756. The Morgan fingerprint density at radius 2 is 1.88 bits per heavy atom. The van der Waals surface area contributed by atoms with Gasteiger partial charge in [-0.25, -0.2) is 19.3 Å². The van der Waals surface area contributed by atoms with Gasteiger partial charge in [-0.2, -0.15) is 4.98 Å². The van der Waals surface area contributed by atoms with E-state index in [1.807, 2.05) is 36.2 Å². The van der Waals surface area contributed by atoms with Crippen LogP contribution >= 0.6 is 0 Å². The van der Waals surface area contributed by atoms with Gasteiger partial charge in [-0.1, -0.05) is 25.0 Å². The van der Waals surface area contributed by atoms with Gasteiger partial charge in [0, 0.05) is 30.5 Å². The van der Waals surface area contributed by atoms with Crippen LogP contribution in [0, 0.1) is 11.8 Å². The van der Waals surface area contributed by atoms with Crippen molar-refractivity contribution in [3.8, 4) is 5.82 Å². The number of aromatic nitrogens is 5. The van der Waals surface area contributed by atoms with E-state index in [1.165, 1.54) is 36.6 Å². The van der Waals surface area contributed by atoms with E-state index in [2.05, 4.69) is 26.8 Å². The standard InChI is InChI=1S/C32H37N7O3/c1-5-17-38-30(41)24-19-33-31(36-28(24)39(38)27-8-6-7-26(35-27)32(2,3)42)34-23-15-13-22(14-16-23)29(40)37(4)25-18-20-9-11-21(25)12-10-20/h5-8,13-16,19-21,25,42H,1,9-12,17-18H2,2-4H3,(H,33,34,36). The van der Waals surface area contributed by atoms with Gasteiger partial charge in [0.1, 0.15) is 11.0 Å². The number of hydrogen-bond donors (Lipinski definition) is 2. The first-order valence-electron chi connectivity index (χ1n) is 14.6. The Bertz CT molecular complexity index is 1690. The summed E-state index contributed by atoms with van der Waals surface area (Å²) in [5, 5.41) is 14.1. The van der Waals surface area contributed by atoms with Crippen molar-refractivity contribution in [1.82, 2.24) is 29.2 Å². The van der Waals surface area contributed by atoms with E-state index >= 15 is 0 Å². The molecule has 0 spiro atoms. The Hall–Kier alpha value is -4.31. The fourth-order valence-electron chi connectivity index (χ4n) is 6.49. The number of carbonyl (C=O) groups is 1. The van der Waals surface area contributed by atoms with Crippen molar-refractivity contribution in [3.05, 3.63) is 82.9 Å². The maximum absolute atomic E-state index is 13.3. The Morgan fingerprint density at radius 1 is 1.14 bits per heavy atom. The lowest BCUT2D eigenvalue weighted by Crippen LogP contribution is -2.48. The van der Waals surface area contributed by atoms with Crippen LogP contribution in [-0.4, -0.2) is 53.3 Å². The number of hydrogen-bond acceptors (Lipinski definition) is 7. The van der Waals surface area contributed by atoms with Crippen molar-refractivity contribution >= 4 is 28.6 Å². The van der Waals surface area contributed by atoms with Gasteiger partial charge in [-0.15, -0.1) is 6.58 Å². The molecule has 1 atom stereocenters. The quantitative estimate of drug-likeness (QED) is 0.294. The fraction of sp³-hybridized carbons (Fsp3) is 0.406. The zero-order valence-corrected chi connectivity index (χ0v) is 24.3. The molecule has 0 radical (unpaired) electrons. The number of pyridine rings is 1. The molecule has 2 N–H and O–H groups in total. The molecule has 3 fully saturated rings.